The third kappa shape index (κ3) is 3.70. The number of aryl methyl sites for hydroxylation is 2. The van der Waals surface area contributed by atoms with E-state index >= 15 is 0 Å². The van der Waals surface area contributed by atoms with Gasteiger partial charge in [0.2, 0.25) is 0 Å². The molecule has 0 fully saturated rings. The van der Waals surface area contributed by atoms with Crippen molar-refractivity contribution in [3.8, 4) is 0 Å². The van der Waals surface area contributed by atoms with Crippen LogP contribution in [-0.4, -0.2) is 12.5 Å². The monoisotopic (exact) mass is 331 g/mol. The van der Waals surface area contributed by atoms with Crippen LogP contribution in [0.2, 0.25) is 0 Å². The fourth-order valence-electron chi connectivity index (χ4n) is 2.13. The average molecular weight is 332 g/mol. The molecule has 0 aliphatic rings. The molecule has 20 heavy (non-hydrogen) atoms. The normalized spacial score (nSPS) is 11.9. The van der Waals surface area contributed by atoms with Crippen LogP contribution in [0.3, 0.4) is 0 Å². The summed E-state index contributed by atoms with van der Waals surface area (Å²) < 4.78 is 0. The SMILES string of the molecule is Cc1ccc(C(=O)NCC(Br)c2ccccc2)c(C)c1. The first-order valence-electron chi connectivity index (χ1n) is 6.62. The molecule has 2 aromatic carbocycles. The number of hydrogen-bond acceptors (Lipinski definition) is 1. The topological polar surface area (TPSA) is 29.1 Å². The van der Waals surface area contributed by atoms with Gasteiger partial charge in [0, 0.05) is 12.1 Å². The minimum atomic E-state index is -0.0251. The maximum atomic E-state index is 12.2. The van der Waals surface area contributed by atoms with Gasteiger partial charge >= 0.3 is 0 Å². The van der Waals surface area contributed by atoms with Crippen molar-refractivity contribution in [2.75, 3.05) is 6.54 Å². The molecule has 0 spiro atoms. The Hall–Kier alpha value is -1.61. The van der Waals surface area contributed by atoms with Gasteiger partial charge in [0.25, 0.3) is 5.91 Å². The van der Waals surface area contributed by atoms with Gasteiger partial charge in [-0.25, -0.2) is 0 Å². The van der Waals surface area contributed by atoms with Gasteiger partial charge in [0.05, 0.1) is 4.83 Å². The van der Waals surface area contributed by atoms with Crippen LogP contribution in [0.5, 0.6) is 0 Å². The molecular weight excluding hydrogens is 314 g/mol. The van der Waals surface area contributed by atoms with Gasteiger partial charge in [-0.2, -0.15) is 0 Å². The molecular formula is C17H18BrNO. The Morgan fingerprint density at radius 3 is 2.50 bits per heavy atom. The van der Waals surface area contributed by atoms with Gasteiger partial charge in [0.1, 0.15) is 0 Å². The molecule has 2 nitrogen and oxygen atoms in total. The standard InChI is InChI=1S/C17H18BrNO/c1-12-8-9-15(13(2)10-12)17(20)19-11-16(18)14-6-4-3-5-7-14/h3-10,16H,11H2,1-2H3,(H,19,20). The highest BCUT2D eigenvalue weighted by Gasteiger charge is 2.12. The maximum absolute atomic E-state index is 12.2. The summed E-state index contributed by atoms with van der Waals surface area (Å²) in [6.07, 6.45) is 0. The highest BCUT2D eigenvalue weighted by molar-refractivity contribution is 9.09. The molecule has 3 heteroatoms. The quantitative estimate of drug-likeness (QED) is 0.837. The van der Waals surface area contributed by atoms with Crippen LogP contribution in [0.1, 0.15) is 31.9 Å². The molecule has 1 N–H and O–H groups in total. The van der Waals surface area contributed by atoms with Gasteiger partial charge in [-0.1, -0.05) is 64.0 Å². The molecule has 0 heterocycles. The van der Waals surface area contributed by atoms with Gasteiger partial charge in [-0.3, -0.25) is 4.79 Å². The van der Waals surface area contributed by atoms with E-state index in [1.807, 2.05) is 62.4 Å². The summed E-state index contributed by atoms with van der Waals surface area (Å²) in [5.41, 5.74) is 4.08. The first-order valence-corrected chi connectivity index (χ1v) is 7.54. The van der Waals surface area contributed by atoms with Crippen LogP contribution < -0.4 is 5.32 Å². The van der Waals surface area contributed by atoms with Gasteiger partial charge in [0.15, 0.2) is 0 Å². The molecule has 2 rings (SSSR count). The predicted octanol–water partition coefficient (Wildman–Crippen LogP) is 4.17. The third-order valence-corrected chi connectivity index (χ3v) is 4.08. The zero-order valence-electron chi connectivity index (χ0n) is 11.7. The van der Waals surface area contributed by atoms with Gasteiger partial charge in [-0.15, -0.1) is 0 Å². The molecule has 0 aromatic heterocycles. The Labute approximate surface area is 128 Å². The van der Waals surface area contributed by atoms with E-state index in [9.17, 15) is 4.79 Å². The van der Waals surface area contributed by atoms with E-state index in [0.29, 0.717) is 6.54 Å². The highest BCUT2D eigenvalue weighted by Crippen LogP contribution is 2.21. The Bertz CT molecular complexity index is 595. The summed E-state index contributed by atoms with van der Waals surface area (Å²) in [5.74, 6) is -0.0251. The fourth-order valence-corrected chi connectivity index (χ4v) is 2.59. The lowest BCUT2D eigenvalue weighted by Gasteiger charge is -2.13. The highest BCUT2D eigenvalue weighted by atomic mass is 79.9. The van der Waals surface area contributed by atoms with E-state index in [4.69, 9.17) is 0 Å². The first kappa shape index (κ1) is 14.8. The number of nitrogens with one attached hydrogen (secondary N) is 1. The number of hydrogen-bond donors (Lipinski definition) is 1. The van der Waals surface area contributed by atoms with E-state index in [1.54, 1.807) is 0 Å². The summed E-state index contributed by atoms with van der Waals surface area (Å²) in [6.45, 7) is 4.56. The van der Waals surface area contributed by atoms with Crippen LogP contribution in [0.4, 0.5) is 0 Å². The zero-order valence-corrected chi connectivity index (χ0v) is 13.3. The van der Waals surface area contributed by atoms with Crippen molar-refractivity contribution in [1.29, 1.82) is 0 Å². The largest absolute Gasteiger partial charge is 0.351 e. The van der Waals surface area contributed by atoms with Gasteiger partial charge in [-0.05, 0) is 31.0 Å². The van der Waals surface area contributed by atoms with E-state index in [1.165, 1.54) is 5.56 Å². The molecule has 1 amide bonds. The average Bonchev–Trinajstić information content (AvgIpc) is 2.45. The number of carbonyl (C=O) groups excluding carboxylic acids is 1. The molecule has 2 aromatic rings. The van der Waals surface area contributed by atoms with Crippen LogP contribution in [0.25, 0.3) is 0 Å². The third-order valence-electron chi connectivity index (χ3n) is 3.23. The molecule has 104 valence electrons. The van der Waals surface area contributed by atoms with Gasteiger partial charge < -0.3 is 5.32 Å². The second kappa shape index (κ2) is 6.71. The van der Waals surface area contributed by atoms with Crippen molar-refractivity contribution in [2.45, 2.75) is 18.7 Å². The van der Waals surface area contributed by atoms with E-state index in [0.717, 1.165) is 16.7 Å². The van der Waals surface area contributed by atoms with Crippen molar-refractivity contribution in [2.24, 2.45) is 0 Å². The van der Waals surface area contributed by atoms with E-state index < -0.39 is 0 Å². The molecule has 1 unspecified atom stereocenters. The first-order chi connectivity index (χ1) is 9.58. The summed E-state index contributed by atoms with van der Waals surface area (Å²) in [6, 6.07) is 15.9. The molecule has 0 radical (unpaired) electrons. The molecule has 0 aliphatic heterocycles. The Kier molecular flexibility index (Phi) is 4.96. The lowest BCUT2D eigenvalue weighted by atomic mass is 10.1. The Morgan fingerprint density at radius 1 is 1.15 bits per heavy atom. The summed E-state index contributed by atoms with van der Waals surface area (Å²) in [5, 5.41) is 2.97. The lowest BCUT2D eigenvalue weighted by Crippen LogP contribution is -2.27. The smallest absolute Gasteiger partial charge is 0.251 e. The van der Waals surface area contributed by atoms with Crippen molar-refractivity contribution in [3.63, 3.8) is 0 Å². The van der Waals surface area contributed by atoms with Crippen molar-refractivity contribution < 1.29 is 4.79 Å². The minimum absolute atomic E-state index is 0.0251. The van der Waals surface area contributed by atoms with Crippen LogP contribution >= 0.6 is 15.9 Å². The molecule has 0 saturated heterocycles. The second-order valence-corrected chi connectivity index (χ2v) is 6.01. The molecule has 0 bridgehead atoms. The molecule has 0 aliphatic carbocycles. The zero-order chi connectivity index (χ0) is 14.5. The number of amides is 1. The Morgan fingerprint density at radius 2 is 1.85 bits per heavy atom. The van der Waals surface area contributed by atoms with Crippen molar-refractivity contribution in [3.05, 3.63) is 70.8 Å². The maximum Gasteiger partial charge on any atom is 0.251 e. The number of rotatable bonds is 4. The van der Waals surface area contributed by atoms with E-state index in [2.05, 4.69) is 21.2 Å². The summed E-state index contributed by atoms with van der Waals surface area (Å²) >= 11 is 3.60. The van der Waals surface area contributed by atoms with Crippen molar-refractivity contribution >= 4 is 21.8 Å². The van der Waals surface area contributed by atoms with Crippen LogP contribution in [0, 0.1) is 13.8 Å². The predicted molar refractivity (Wildman–Crippen MR) is 86.4 cm³/mol. The summed E-state index contributed by atoms with van der Waals surface area (Å²) in [4.78, 5) is 12.3. The number of alkyl halides is 1. The fraction of sp³-hybridized carbons (Fsp3) is 0.235. The second-order valence-electron chi connectivity index (χ2n) is 4.91. The van der Waals surface area contributed by atoms with Crippen LogP contribution in [-0.2, 0) is 0 Å². The molecule has 1 atom stereocenters. The molecule has 0 saturated carbocycles. The van der Waals surface area contributed by atoms with E-state index in [-0.39, 0.29) is 10.7 Å². The Balaban J connectivity index is 1.99. The van der Waals surface area contributed by atoms with Crippen LogP contribution in [0.15, 0.2) is 48.5 Å². The summed E-state index contributed by atoms with van der Waals surface area (Å²) in [7, 11) is 0. The number of halogens is 1. The number of carbonyl (C=O) groups is 1. The number of benzene rings is 2. The lowest BCUT2D eigenvalue weighted by molar-refractivity contribution is 0.0953. The minimum Gasteiger partial charge on any atom is -0.351 e. The van der Waals surface area contributed by atoms with Crippen molar-refractivity contribution in [1.82, 2.24) is 5.32 Å².